The van der Waals surface area contributed by atoms with Crippen LogP contribution < -0.4 is 4.90 Å². The molecule has 0 unspecified atom stereocenters. The molecule has 6 nitrogen and oxygen atoms in total. The number of piperidine rings is 1. The maximum Gasteiger partial charge on any atom is 0.227 e. The van der Waals surface area contributed by atoms with Gasteiger partial charge >= 0.3 is 0 Å². The summed E-state index contributed by atoms with van der Waals surface area (Å²) in [5, 5.41) is 1.14. The largest absolute Gasteiger partial charge is 0.361 e. The number of hydrogen-bond donors (Lipinski definition) is 1. The number of hydrogen-bond acceptors (Lipinski definition) is 4. The first-order valence-corrected chi connectivity index (χ1v) is 9.46. The van der Waals surface area contributed by atoms with E-state index >= 15 is 0 Å². The van der Waals surface area contributed by atoms with Crippen molar-refractivity contribution in [2.24, 2.45) is 0 Å². The monoisotopic (exact) mass is 363 g/mol. The van der Waals surface area contributed by atoms with E-state index in [0.717, 1.165) is 53.9 Å². The lowest BCUT2D eigenvalue weighted by atomic mass is 10.0. The molecular formula is C21H25N5O. The van der Waals surface area contributed by atoms with Gasteiger partial charge in [0.25, 0.3) is 0 Å². The van der Waals surface area contributed by atoms with Crippen molar-refractivity contribution < 1.29 is 4.79 Å². The molecule has 0 bridgehead atoms. The van der Waals surface area contributed by atoms with Crippen molar-refractivity contribution >= 4 is 22.6 Å². The highest BCUT2D eigenvalue weighted by atomic mass is 16.2. The Morgan fingerprint density at radius 3 is 2.81 bits per heavy atom. The number of aromatic amines is 1. The van der Waals surface area contributed by atoms with Gasteiger partial charge in [0.2, 0.25) is 5.91 Å². The minimum Gasteiger partial charge on any atom is -0.361 e. The number of nitrogens with one attached hydrogen (secondary N) is 1. The molecule has 1 fully saturated rings. The van der Waals surface area contributed by atoms with E-state index in [-0.39, 0.29) is 5.91 Å². The predicted molar refractivity (Wildman–Crippen MR) is 107 cm³/mol. The Morgan fingerprint density at radius 2 is 2.04 bits per heavy atom. The van der Waals surface area contributed by atoms with Crippen LogP contribution in [0.3, 0.4) is 0 Å². The molecule has 1 amide bonds. The third-order valence-electron chi connectivity index (χ3n) is 5.53. The molecule has 27 heavy (non-hydrogen) atoms. The maximum atomic E-state index is 12.8. The molecule has 0 radical (unpaired) electrons. The van der Waals surface area contributed by atoms with Gasteiger partial charge in [-0.15, -0.1) is 0 Å². The van der Waals surface area contributed by atoms with Crippen LogP contribution in [-0.2, 0) is 11.2 Å². The molecule has 0 atom stereocenters. The average Bonchev–Trinajstić information content (AvgIpc) is 3.10. The molecule has 6 heteroatoms. The maximum absolute atomic E-state index is 12.8. The fraction of sp³-hybridized carbons (Fsp3) is 0.381. The number of aryl methyl sites for hydroxylation is 1. The summed E-state index contributed by atoms with van der Waals surface area (Å²) in [7, 11) is 2.08. The predicted octanol–water partition coefficient (Wildman–Crippen LogP) is 2.94. The van der Waals surface area contributed by atoms with Crippen LogP contribution in [0.1, 0.15) is 24.1 Å². The fourth-order valence-electron chi connectivity index (χ4n) is 3.88. The topological polar surface area (TPSA) is 65.1 Å². The van der Waals surface area contributed by atoms with Gasteiger partial charge in [-0.3, -0.25) is 4.79 Å². The number of H-pyrrole nitrogens is 1. The number of rotatable bonds is 4. The average molecular weight is 363 g/mol. The SMILES string of the molecule is Cc1cc(N(C)C2CCN(C(=O)Cc3c[nH]c4ccccc34)CC2)ncn1. The number of likely N-dealkylation sites (tertiary alicyclic amines) is 1. The van der Waals surface area contributed by atoms with Crippen LogP contribution in [0.15, 0.2) is 42.9 Å². The Kier molecular flexibility index (Phi) is 4.79. The number of aromatic nitrogens is 3. The van der Waals surface area contributed by atoms with E-state index in [0.29, 0.717) is 12.5 Å². The van der Waals surface area contributed by atoms with E-state index in [2.05, 4.69) is 33.0 Å². The van der Waals surface area contributed by atoms with Crippen molar-refractivity contribution in [3.8, 4) is 0 Å². The van der Waals surface area contributed by atoms with Gasteiger partial charge in [-0.25, -0.2) is 9.97 Å². The lowest BCUT2D eigenvalue weighted by Crippen LogP contribution is -2.46. The first-order valence-electron chi connectivity index (χ1n) is 9.46. The smallest absolute Gasteiger partial charge is 0.227 e. The van der Waals surface area contributed by atoms with E-state index in [1.165, 1.54) is 0 Å². The van der Waals surface area contributed by atoms with Gasteiger partial charge in [0.15, 0.2) is 0 Å². The molecule has 3 aromatic rings. The van der Waals surface area contributed by atoms with Crippen LogP contribution in [0.5, 0.6) is 0 Å². The number of carbonyl (C=O) groups excluding carboxylic acids is 1. The first-order chi connectivity index (χ1) is 13.1. The van der Waals surface area contributed by atoms with Gasteiger partial charge in [-0.05, 0) is 31.4 Å². The van der Waals surface area contributed by atoms with Crippen LogP contribution >= 0.6 is 0 Å². The zero-order valence-corrected chi connectivity index (χ0v) is 15.9. The summed E-state index contributed by atoms with van der Waals surface area (Å²) in [6, 6.07) is 10.5. The van der Waals surface area contributed by atoms with Crippen LogP contribution in [0.25, 0.3) is 10.9 Å². The highest BCUT2D eigenvalue weighted by Crippen LogP contribution is 2.23. The molecule has 1 aliphatic heterocycles. The third kappa shape index (κ3) is 3.65. The van der Waals surface area contributed by atoms with Crippen molar-refractivity contribution in [1.82, 2.24) is 19.9 Å². The molecule has 1 aliphatic rings. The number of para-hydroxylation sites is 1. The van der Waals surface area contributed by atoms with Crippen LogP contribution in [-0.4, -0.2) is 51.9 Å². The second-order valence-electron chi connectivity index (χ2n) is 7.28. The number of fused-ring (bicyclic) bond motifs is 1. The van der Waals surface area contributed by atoms with Gasteiger partial charge in [0, 0.05) is 55.0 Å². The second kappa shape index (κ2) is 7.39. The molecule has 0 spiro atoms. The summed E-state index contributed by atoms with van der Waals surface area (Å²) in [4.78, 5) is 28.8. The molecule has 1 aromatic carbocycles. The summed E-state index contributed by atoms with van der Waals surface area (Å²) in [5.74, 6) is 1.16. The summed E-state index contributed by atoms with van der Waals surface area (Å²) in [6.45, 7) is 3.56. The number of benzene rings is 1. The quantitative estimate of drug-likeness (QED) is 0.774. The minimum absolute atomic E-state index is 0.207. The lowest BCUT2D eigenvalue weighted by Gasteiger charge is -2.37. The number of nitrogens with zero attached hydrogens (tertiary/aromatic N) is 4. The fourth-order valence-corrected chi connectivity index (χ4v) is 3.88. The van der Waals surface area contributed by atoms with Crippen molar-refractivity contribution in [3.63, 3.8) is 0 Å². The Hall–Kier alpha value is -2.89. The highest BCUT2D eigenvalue weighted by molar-refractivity contribution is 5.88. The van der Waals surface area contributed by atoms with Gasteiger partial charge in [-0.2, -0.15) is 0 Å². The normalized spacial score (nSPS) is 15.3. The minimum atomic E-state index is 0.207. The van der Waals surface area contributed by atoms with Gasteiger partial charge < -0.3 is 14.8 Å². The van der Waals surface area contributed by atoms with Crippen LogP contribution in [0, 0.1) is 6.92 Å². The Labute approximate surface area is 159 Å². The van der Waals surface area contributed by atoms with Crippen molar-refractivity contribution in [3.05, 3.63) is 54.1 Å². The molecule has 1 saturated heterocycles. The highest BCUT2D eigenvalue weighted by Gasteiger charge is 2.26. The summed E-state index contributed by atoms with van der Waals surface area (Å²) < 4.78 is 0. The summed E-state index contributed by atoms with van der Waals surface area (Å²) in [5.41, 5.74) is 3.13. The van der Waals surface area contributed by atoms with Crippen molar-refractivity contribution in [1.29, 1.82) is 0 Å². The third-order valence-corrected chi connectivity index (χ3v) is 5.53. The lowest BCUT2D eigenvalue weighted by molar-refractivity contribution is -0.131. The van der Waals surface area contributed by atoms with Crippen LogP contribution in [0.2, 0.25) is 0 Å². The summed E-state index contributed by atoms with van der Waals surface area (Å²) in [6.07, 6.45) is 5.94. The van der Waals surface area contributed by atoms with E-state index in [9.17, 15) is 4.79 Å². The molecule has 1 N–H and O–H groups in total. The van der Waals surface area contributed by atoms with E-state index in [1.54, 1.807) is 6.33 Å². The number of carbonyl (C=O) groups is 1. The Morgan fingerprint density at radius 1 is 1.26 bits per heavy atom. The second-order valence-corrected chi connectivity index (χ2v) is 7.28. The Bertz CT molecular complexity index is 942. The number of amides is 1. The molecule has 4 rings (SSSR count). The van der Waals surface area contributed by atoms with Gasteiger partial charge in [0.05, 0.1) is 6.42 Å². The Balaban J connectivity index is 1.36. The number of anilines is 1. The molecule has 0 aliphatic carbocycles. The van der Waals surface area contributed by atoms with Gasteiger partial charge in [-0.1, -0.05) is 18.2 Å². The summed E-state index contributed by atoms with van der Waals surface area (Å²) >= 11 is 0. The molecule has 3 heterocycles. The van der Waals surface area contributed by atoms with Crippen molar-refractivity contribution in [2.45, 2.75) is 32.2 Å². The van der Waals surface area contributed by atoms with Gasteiger partial charge in [0.1, 0.15) is 12.1 Å². The molecule has 140 valence electrons. The molecule has 0 saturated carbocycles. The molecular weight excluding hydrogens is 338 g/mol. The van der Waals surface area contributed by atoms with Crippen molar-refractivity contribution in [2.75, 3.05) is 25.0 Å². The van der Waals surface area contributed by atoms with E-state index < -0.39 is 0 Å². The zero-order valence-electron chi connectivity index (χ0n) is 15.9. The molecule has 2 aromatic heterocycles. The van der Waals surface area contributed by atoms with Crippen LogP contribution in [0.4, 0.5) is 5.82 Å². The first kappa shape index (κ1) is 17.5. The zero-order chi connectivity index (χ0) is 18.8. The van der Waals surface area contributed by atoms with E-state index in [1.807, 2.05) is 42.3 Å². The van der Waals surface area contributed by atoms with E-state index in [4.69, 9.17) is 0 Å². The standard InChI is InChI=1S/C21H25N5O/c1-15-11-20(24-14-23-15)25(2)17-7-9-26(10-8-17)21(27)12-16-13-22-19-6-4-3-5-18(16)19/h3-6,11,13-14,17,22H,7-10,12H2,1-2H3.